The van der Waals surface area contributed by atoms with Crippen LogP contribution in [0.2, 0.25) is 0 Å². The lowest BCUT2D eigenvalue weighted by molar-refractivity contribution is 0.0420. The van der Waals surface area contributed by atoms with Gasteiger partial charge >= 0.3 is 0 Å². The van der Waals surface area contributed by atoms with E-state index in [0.29, 0.717) is 0 Å². The summed E-state index contributed by atoms with van der Waals surface area (Å²) in [7, 11) is 0. The largest absolute Gasteiger partial charge is 0.396 e. The maximum absolute atomic E-state index is 9.35. The Morgan fingerprint density at radius 3 is 1.76 bits per heavy atom. The Hall–Kier alpha value is -0.160. The van der Waals surface area contributed by atoms with Gasteiger partial charge in [-0.1, -0.05) is 47.0 Å². The average molecular weight is 306 g/mol. The molecule has 0 aromatic carbocycles. The molecule has 0 aliphatic rings. The minimum absolute atomic E-state index is 0.0833. The van der Waals surface area contributed by atoms with Gasteiger partial charge in [-0.05, 0) is 25.7 Å². The molecule has 0 saturated heterocycles. The first-order valence-corrected chi connectivity index (χ1v) is 8.51. The van der Waals surface area contributed by atoms with Crippen molar-refractivity contribution in [1.29, 1.82) is 0 Å². The molecular weight excluding hydrogens is 268 g/mol. The van der Waals surface area contributed by atoms with Crippen molar-refractivity contribution in [3.63, 3.8) is 0 Å². The van der Waals surface area contributed by atoms with Gasteiger partial charge in [0.1, 0.15) is 0 Å². The fourth-order valence-electron chi connectivity index (χ4n) is 2.21. The summed E-state index contributed by atoms with van der Waals surface area (Å²) in [6.45, 7) is 8.49. The summed E-state index contributed by atoms with van der Waals surface area (Å²) in [5.74, 6) is 0.0833. The fraction of sp³-hybridized carbons (Fsp3) is 1.00. The van der Waals surface area contributed by atoms with Crippen molar-refractivity contribution in [3.05, 3.63) is 0 Å². The van der Waals surface area contributed by atoms with Gasteiger partial charge in [0.25, 0.3) is 0 Å². The van der Waals surface area contributed by atoms with Crippen molar-refractivity contribution in [1.82, 2.24) is 0 Å². The van der Waals surface area contributed by atoms with Gasteiger partial charge in [-0.3, -0.25) is 0 Å². The predicted octanol–water partition coefficient (Wildman–Crippen LogP) is 2.72. The standard InChI is InChI=1S/C9H20O2.C8H18O2/c1-3-5-6-9(4-2,7-10)8-11;1-3-5-8(10)7(4-2)6-9/h10-11H,3-8H2,1-2H3;7-10H,3-6H2,1-2H3. The molecule has 0 fully saturated rings. The molecule has 0 amide bonds. The molecule has 4 heteroatoms. The molecule has 21 heavy (non-hydrogen) atoms. The smallest absolute Gasteiger partial charge is 0.0590 e. The van der Waals surface area contributed by atoms with Crippen LogP contribution in [0.5, 0.6) is 0 Å². The number of unbranched alkanes of at least 4 members (excludes halogenated alkanes) is 1. The van der Waals surface area contributed by atoms with E-state index < -0.39 is 0 Å². The lowest BCUT2D eigenvalue weighted by atomic mass is 9.82. The van der Waals surface area contributed by atoms with Gasteiger partial charge < -0.3 is 20.4 Å². The Balaban J connectivity index is 0. The Bertz CT molecular complexity index is 193. The van der Waals surface area contributed by atoms with Gasteiger partial charge in [0.05, 0.1) is 19.3 Å². The maximum atomic E-state index is 9.35. The summed E-state index contributed by atoms with van der Waals surface area (Å²) in [5.41, 5.74) is -0.212. The summed E-state index contributed by atoms with van der Waals surface area (Å²) in [6.07, 6.45) is 6.36. The second-order valence-electron chi connectivity index (χ2n) is 5.98. The van der Waals surface area contributed by atoms with E-state index in [2.05, 4.69) is 6.92 Å². The molecule has 0 aromatic rings. The van der Waals surface area contributed by atoms with Gasteiger partial charge in [0.15, 0.2) is 0 Å². The molecule has 0 aromatic heterocycles. The first kappa shape index (κ1) is 23.1. The maximum Gasteiger partial charge on any atom is 0.0590 e. The molecular formula is C17H38O4. The fourth-order valence-corrected chi connectivity index (χ4v) is 2.21. The number of hydrogen-bond donors (Lipinski definition) is 4. The van der Waals surface area contributed by atoms with Crippen LogP contribution in [-0.4, -0.2) is 46.4 Å². The Morgan fingerprint density at radius 2 is 1.48 bits per heavy atom. The zero-order valence-electron chi connectivity index (χ0n) is 14.5. The van der Waals surface area contributed by atoms with Crippen molar-refractivity contribution in [2.45, 2.75) is 78.7 Å². The van der Waals surface area contributed by atoms with Crippen LogP contribution in [0.25, 0.3) is 0 Å². The summed E-state index contributed by atoms with van der Waals surface area (Å²) in [4.78, 5) is 0. The summed E-state index contributed by atoms with van der Waals surface area (Å²) < 4.78 is 0. The lowest BCUT2D eigenvalue weighted by Gasteiger charge is -2.27. The van der Waals surface area contributed by atoms with Gasteiger partial charge in [-0.25, -0.2) is 0 Å². The molecule has 2 atom stereocenters. The Morgan fingerprint density at radius 1 is 0.905 bits per heavy atom. The quantitative estimate of drug-likeness (QED) is 0.473. The number of aliphatic hydroxyl groups excluding tert-OH is 4. The molecule has 4 nitrogen and oxygen atoms in total. The van der Waals surface area contributed by atoms with Crippen LogP contribution in [0.1, 0.15) is 72.6 Å². The molecule has 4 N–H and O–H groups in total. The molecule has 0 radical (unpaired) electrons. The van der Waals surface area contributed by atoms with Gasteiger partial charge in [-0.15, -0.1) is 0 Å². The van der Waals surface area contributed by atoms with E-state index in [1.165, 1.54) is 0 Å². The highest BCUT2D eigenvalue weighted by Crippen LogP contribution is 2.27. The van der Waals surface area contributed by atoms with E-state index >= 15 is 0 Å². The molecule has 0 saturated carbocycles. The number of hydrogen-bond acceptors (Lipinski definition) is 4. The van der Waals surface area contributed by atoms with E-state index in [9.17, 15) is 5.11 Å². The molecule has 0 aliphatic carbocycles. The lowest BCUT2D eigenvalue weighted by Crippen LogP contribution is -2.28. The van der Waals surface area contributed by atoms with Gasteiger partial charge in [-0.2, -0.15) is 0 Å². The summed E-state index contributed by atoms with van der Waals surface area (Å²) in [5, 5.41) is 36.2. The van der Waals surface area contributed by atoms with Crippen molar-refractivity contribution in [2.75, 3.05) is 19.8 Å². The second kappa shape index (κ2) is 14.8. The molecule has 0 bridgehead atoms. The van der Waals surface area contributed by atoms with Crippen molar-refractivity contribution >= 4 is 0 Å². The highest BCUT2D eigenvalue weighted by atomic mass is 16.3. The molecule has 0 heterocycles. The minimum Gasteiger partial charge on any atom is -0.396 e. The molecule has 130 valence electrons. The van der Waals surface area contributed by atoms with Crippen molar-refractivity contribution < 1.29 is 20.4 Å². The Kier molecular flexibility index (Phi) is 16.2. The van der Waals surface area contributed by atoms with E-state index in [0.717, 1.165) is 44.9 Å². The number of aliphatic hydroxyl groups is 4. The highest BCUT2D eigenvalue weighted by molar-refractivity contribution is 4.75. The molecule has 2 unspecified atom stereocenters. The van der Waals surface area contributed by atoms with Crippen LogP contribution < -0.4 is 0 Å². The summed E-state index contributed by atoms with van der Waals surface area (Å²) >= 11 is 0. The normalized spacial score (nSPS) is 14.3. The third kappa shape index (κ3) is 10.2. The van der Waals surface area contributed by atoms with E-state index in [4.69, 9.17) is 15.3 Å². The third-order valence-corrected chi connectivity index (χ3v) is 4.37. The molecule has 0 rings (SSSR count). The van der Waals surface area contributed by atoms with E-state index in [1.807, 2.05) is 20.8 Å². The van der Waals surface area contributed by atoms with Crippen molar-refractivity contribution in [3.8, 4) is 0 Å². The topological polar surface area (TPSA) is 80.9 Å². The number of rotatable bonds is 11. The van der Waals surface area contributed by atoms with Crippen LogP contribution in [0.15, 0.2) is 0 Å². The van der Waals surface area contributed by atoms with Crippen molar-refractivity contribution in [2.24, 2.45) is 11.3 Å². The monoisotopic (exact) mass is 306 g/mol. The summed E-state index contributed by atoms with van der Waals surface area (Å²) in [6, 6.07) is 0. The van der Waals surface area contributed by atoms with Crippen LogP contribution in [0.4, 0.5) is 0 Å². The zero-order valence-corrected chi connectivity index (χ0v) is 14.5. The van der Waals surface area contributed by atoms with E-state index in [1.54, 1.807) is 0 Å². The first-order valence-electron chi connectivity index (χ1n) is 8.51. The average Bonchev–Trinajstić information content (AvgIpc) is 2.51. The predicted molar refractivity (Wildman–Crippen MR) is 88.2 cm³/mol. The zero-order chi connectivity index (χ0) is 16.7. The highest BCUT2D eigenvalue weighted by Gasteiger charge is 2.25. The van der Waals surface area contributed by atoms with Crippen LogP contribution >= 0.6 is 0 Å². The van der Waals surface area contributed by atoms with E-state index in [-0.39, 0.29) is 37.3 Å². The second-order valence-corrected chi connectivity index (χ2v) is 5.98. The minimum atomic E-state index is -0.306. The van der Waals surface area contributed by atoms with Crippen LogP contribution in [0, 0.1) is 11.3 Å². The van der Waals surface area contributed by atoms with Gasteiger partial charge in [0.2, 0.25) is 0 Å². The molecule has 0 aliphatic heterocycles. The van der Waals surface area contributed by atoms with Gasteiger partial charge in [0, 0.05) is 17.9 Å². The molecule has 0 spiro atoms. The Labute approximate surface area is 131 Å². The SMILES string of the molecule is CCCC(O)C(CC)CO.CCCCC(CC)(CO)CO. The van der Waals surface area contributed by atoms with Crippen LogP contribution in [0.3, 0.4) is 0 Å². The third-order valence-electron chi connectivity index (χ3n) is 4.37. The first-order chi connectivity index (χ1) is 10.00. The van der Waals surface area contributed by atoms with Crippen LogP contribution in [-0.2, 0) is 0 Å².